The number of hydrogen-bond donors (Lipinski definition) is 0. The summed E-state index contributed by atoms with van der Waals surface area (Å²) in [6.07, 6.45) is 3.79. The number of hydrogen-bond acceptors (Lipinski definition) is 2. The number of halogens is 1. The van der Waals surface area contributed by atoms with E-state index in [1.54, 1.807) is 7.11 Å². The number of nitrogens with zero attached hydrogens (tertiary/aromatic N) is 2. The normalized spacial score (nSPS) is 13.8. The molecule has 1 atom stereocenters. The maximum atomic E-state index is 6.51. The second kappa shape index (κ2) is 7.46. The number of alkyl halides is 1. The summed E-state index contributed by atoms with van der Waals surface area (Å²) in [6, 6.07) is 0. The van der Waals surface area contributed by atoms with Crippen LogP contribution in [-0.2, 0) is 24.1 Å². The molecule has 116 valence electrons. The van der Waals surface area contributed by atoms with Gasteiger partial charge in [-0.1, -0.05) is 20.8 Å². The Morgan fingerprint density at radius 3 is 2.35 bits per heavy atom. The Hall–Kier alpha value is -0.540. The van der Waals surface area contributed by atoms with Crippen molar-refractivity contribution >= 4 is 11.6 Å². The maximum absolute atomic E-state index is 6.51. The predicted molar refractivity (Wildman–Crippen MR) is 85.6 cm³/mol. The van der Waals surface area contributed by atoms with Gasteiger partial charge >= 0.3 is 0 Å². The highest BCUT2D eigenvalue weighted by Crippen LogP contribution is 2.31. The average molecular weight is 301 g/mol. The third kappa shape index (κ3) is 3.98. The first-order chi connectivity index (χ1) is 9.40. The fourth-order valence-corrected chi connectivity index (χ4v) is 2.68. The Kier molecular flexibility index (Phi) is 6.53. The minimum Gasteiger partial charge on any atom is -0.379 e. The Bertz CT molecular complexity index is 426. The lowest BCUT2D eigenvalue weighted by Crippen LogP contribution is -2.25. The molecule has 0 radical (unpaired) electrons. The SMILES string of the molecule is CCc1nn(CCC(C)(C)OC)c(CC)c1C(Cl)CC. The third-order valence-electron chi connectivity index (χ3n) is 3.99. The fourth-order valence-electron chi connectivity index (χ4n) is 2.43. The first-order valence-corrected chi connectivity index (χ1v) is 8.11. The number of ether oxygens (including phenoxy) is 1. The van der Waals surface area contributed by atoms with Crippen molar-refractivity contribution in [1.29, 1.82) is 0 Å². The van der Waals surface area contributed by atoms with Crippen molar-refractivity contribution in [2.45, 2.75) is 77.8 Å². The predicted octanol–water partition coefficient (Wildman–Crippen LogP) is 4.51. The van der Waals surface area contributed by atoms with E-state index in [2.05, 4.69) is 39.3 Å². The van der Waals surface area contributed by atoms with Gasteiger partial charge in [-0.15, -0.1) is 11.6 Å². The Balaban J connectivity index is 3.05. The minimum absolute atomic E-state index is 0.0732. The molecule has 1 heterocycles. The molecule has 0 aliphatic carbocycles. The quantitative estimate of drug-likeness (QED) is 0.660. The number of aromatic nitrogens is 2. The monoisotopic (exact) mass is 300 g/mol. The summed E-state index contributed by atoms with van der Waals surface area (Å²) in [5, 5.41) is 4.86. The van der Waals surface area contributed by atoms with E-state index >= 15 is 0 Å². The molecule has 0 aliphatic rings. The first-order valence-electron chi connectivity index (χ1n) is 7.67. The van der Waals surface area contributed by atoms with Crippen LogP contribution in [0, 0.1) is 0 Å². The van der Waals surface area contributed by atoms with E-state index in [1.165, 1.54) is 11.3 Å². The first kappa shape index (κ1) is 17.5. The van der Waals surface area contributed by atoms with Gasteiger partial charge in [0.2, 0.25) is 0 Å². The molecule has 1 rings (SSSR count). The highest BCUT2D eigenvalue weighted by Gasteiger charge is 2.23. The van der Waals surface area contributed by atoms with Crippen LogP contribution in [0.1, 0.15) is 69.8 Å². The van der Waals surface area contributed by atoms with Crippen LogP contribution in [0.5, 0.6) is 0 Å². The molecule has 0 saturated heterocycles. The molecule has 4 heteroatoms. The topological polar surface area (TPSA) is 27.1 Å². The van der Waals surface area contributed by atoms with Gasteiger partial charge in [-0.3, -0.25) is 4.68 Å². The molecule has 0 spiro atoms. The molecule has 0 amide bonds. The number of rotatable bonds is 8. The molecular formula is C16H29ClN2O. The molecule has 0 fully saturated rings. The Labute approximate surface area is 128 Å². The lowest BCUT2D eigenvalue weighted by Gasteiger charge is -2.23. The molecular weight excluding hydrogens is 272 g/mol. The summed E-state index contributed by atoms with van der Waals surface area (Å²) in [5.74, 6) is 0. The van der Waals surface area contributed by atoms with Gasteiger partial charge in [0, 0.05) is 24.9 Å². The van der Waals surface area contributed by atoms with Gasteiger partial charge in [0.15, 0.2) is 0 Å². The van der Waals surface area contributed by atoms with E-state index < -0.39 is 0 Å². The Morgan fingerprint density at radius 1 is 1.25 bits per heavy atom. The Morgan fingerprint density at radius 2 is 1.90 bits per heavy atom. The zero-order valence-electron chi connectivity index (χ0n) is 13.8. The van der Waals surface area contributed by atoms with Gasteiger partial charge < -0.3 is 4.74 Å². The standard InChI is InChI=1S/C16H29ClN2O/c1-7-12(17)15-13(8-2)18-19(14(15)9-3)11-10-16(4,5)20-6/h12H,7-11H2,1-6H3. The summed E-state index contributed by atoms with van der Waals surface area (Å²) in [4.78, 5) is 0. The van der Waals surface area contributed by atoms with E-state index in [4.69, 9.17) is 21.4 Å². The van der Waals surface area contributed by atoms with Gasteiger partial charge in [-0.25, -0.2) is 0 Å². The second-order valence-corrected chi connectivity index (χ2v) is 6.35. The molecule has 20 heavy (non-hydrogen) atoms. The van der Waals surface area contributed by atoms with Crippen LogP contribution in [0.2, 0.25) is 0 Å². The van der Waals surface area contributed by atoms with Crippen LogP contribution in [0.25, 0.3) is 0 Å². The van der Waals surface area contributed by atoms with Crippen LogP contribution in [-0.4, -0.2) is 22.5 Å². The van der Waals surface area contributed by atoms with Crippen LogP contribution in [0.15, 0.2) is 0 Å². The van der Waals surface area contributed by atoms with E-state index in [-0.39, 0.29) is 11.0 Å². The molecule has 1 aromatic heterocycles. The molecule has 0 aromatic carbocycles. The highest BCUT2D eigenvalue weighted by atomic mass is 35.5. The third-order valence-corrected chi connectivity index (χ3v) is 4.52. The van der Waals surface area contributed by atoms with Gasteiger partial charge in [-0.05, 0) is 39.5 Å². The molecule has 3 nitrogen and oxygen atoms in total. The van der Waals surface area contributed by atoms with Crippen molar-refractivity contribution in [3.8, 4) is 0 Å². The van der Waals surface area contributed by atoms with E-state index in [9.17, 15) is 0 Å². The number of methoxy groups -OCH3 is 1. The van der Waals surface area contributed by atoms with E-state index in [0.29, 0.717) is 0 Å². The molecule has 1 aromatic rings. The maximum Gasteiger partial charge on any atom is 0.0671 e. The van der Waals surface area contributed by atoms with Crippen molar-refractivity contribution in [3.05, 3.63) is 17.0 Å². The minimum atomic E-state index is -0.116. The fraction of sp³-hybridized carbons (Fsp3) is 0.812. The highest BCUT2D eigenvalue weighted by molar-refractivity contribution is 6.20. The average Bonchev–Trinajstić information content (AvgIpc) is 2.82. The summed E-state index contributed by atoms with van der Waals surface area (Å²) in [7, 11) is 1.76. The smallest absolute Gasteiger partial charge is 0.0671 e. The van der Waals surface area contributed by atoms with Crippen molar-refractivity contribution in [2.75, 3.05) is 7.11 Å². The summed E-state index contributed by atoms with van der Waals surface area (Å²) in [6.45, 7) is 11.6. The zero-order chi connectivity index (χ0) is 15.3. The zero-order valence-corrected chi connectivity index (χ0v) is 14.5. The summed E-state index contributed by atoms with van der Waals surface area (Å²) >= 11 is 6.51. The van der Waals surface area contributed by atoms with Gasteiger partial charge in [0.25, 0.3) is 0 Å². The van der Waals surface area contributed by atoms with E-state index in [0.717, 1.165) is 37.9 Å². The van der Waals surface area contributed by atoms with Crippen molar-refractivity contribution in [3.63, 3.8) is 0 Å². The van der Waals surface area contributed by atoms with Crippen molar-refractivity contribution in [1.82, 2.24) is 9.78 Å². The van der Waals surface area contributed by atoms with Crippen LogP contribution in [0.3, 0.4) is 0 Å². The largest absolute Gasteiger partial charge is 0.379 e. The molecule has 1 unspecified atom stereocenters. The summed E-state index contributed by atoms with van der Waals surface area (Å²) < 4.78 is 7.64. The van der Waals surface area contributed by atoms with Gasteiger partial charge in [0.1, 0.15) is 0 Å². The lowest BCUT2D eigenvalue weighted by atomic mass is 10.0. The molecule has 0 bridgehead atoms. The molecule has 0 saturated carbocycles. The molecule has 0 aliphatic heterocycles. The van der Waals surface area contributed by atoms with Crippen LogP contribution >= 0.6 is 11.6 Å². The van der Waals surface area contributed by atoms with E-state index in [1.807, 2.05) is 0 Å². The van der Waals surface area contributed by atoms with Crippen molar-refractivity contribution in [2.24, 2.45) is 0 Å². The molecule has 0 N–H and O–H groups in total. The van der Waals surface area contributed by atoms with Crippen molar-refractivity contribution < 1.29 is 4.74 Å². The second-order valence-electron chi connectivity index (χ2n) is 5.83. The number of aryl methyl sites for hydroxylation is 2. The lowest BCUT2D eigenvalue weighted by molar-refractivity contribution is 0.0111. The van der Waals surface area contributed by atoms with Crippen LogP contribution in [0.4, 0.5) is 0 Å². The summed E-state index contributed by atoms with van der Waals surface area (Å²) in [5.41, 5.74) is 3.58. The van der Waals surface area contributed by atoms with Gasteiger partial charge in [-0.2, -0.15) is 5.10 Å². The van der Waals surface area contributed by atoms with Crippen LogP contribution < -0.4 is 0 Å². The van der Waals surface area contributed by atoms with Gasteiger partial charge in [0.05, 0.1) is 16.7 Å².